The van der Waals surface area contributed by atoms with Crippen LogP contribution in [0.1, 0.15) is 37.8 Å². The number of halogens is 1. The minimum absolute atomic E-state index is 0. The minimum atomic E-state index is 0. The first-order chi connectivity index (χ1) is 11.5. The molecular weight excluding hydrogens is 447 g/mol. The number of nitrogens with zero attached hydrogens (tertiary/aromatic N) is 4. The Labute approximate surface area is 173 Å². The zero-order chi connectivity index (χ0) is 17.5. The number of aryl methyl sites for hydroxylation is 1. The van der Waals surface area contributed by atoms with Gasteiger partial charge < -0.3 is 15.5 Å². The molecule has 1 aromatic heterocycles. The summed E-state index contributed by atoms with van der Waals surface area (Å²) in [7, 11) is 7.99. The lowest BCUT2D eigenvalue weighted by molar-refractivity contribution is 0.298. The van der Waals surface area contributed by atoms with Crippen LogP contribution >= 0.6 is 35.7 Å². The second kappa shape index (κ2) is 11.3. The van der Waals surface area contributed by atoms with E-state index >= 15 is 0 Å². The molecule has 0 radical (unpaired) electrons. The maximum Gasteiger partial charge on any atom is 0.191 e. The molecule has 1 aliphatic carbocycles. The average Bonchev–Trinajstić information content (AvgIpc) is 3.16. The monoisotopic (exact) mass is 480 g/mol. The fraction of sp³-hybridized carbons (Fsp3) is 0.765. The van der Waals surface area contributed by atoms with Crippen LogP contribution in [0.5, 0.6) is 0 Å². The number of guanidine groups is 1. The van der Waals surface area contributed by atoms with Gasteiger partial charge >= 0.3 is 0 Å². The van der Waals surface area contributed by atoms with Gasteiger partial charge in [-0.05, 0) is 39.1 Å². The summed E-state index contributed by atoms with van der Waals surface area (Å²) in [4.78, 5) is 6.61. The summed E-state index contributed by atoms with van der Waals surface area (Å²) in [5.74, 6) is 2.11. The van der Waals surface area contributed by atoms with Crippen molar-refractivity contribution in [3.63, 3.8) is 0 Å². The molecule has 0 spiro atoms. The molecule has 3 atom stereocenters. The molecule has 25 heavy (non-hydrogen) atoms. The van der Waals surface area contributed by atoms with E-state index < -0.39 is 0 Å². The molecule has 2 N–H and O–H groups in total. The van der Waals surface area contributed by atoms with Crippen molar-refractivity contribution >= 4 is 41.7 Å². The molecule has 2 rings (SSSR count). The van der Waals surface area contributed by atoms with Crippen molar-refractivity contribution in [2.45, 2.75) is 43.5 Å². The smallest absolute Gasteiger partial charge is 0.191 e. The van der Waals surface area contributed by atoms with E-state index in [0.717, 1.165) is 17.8 Å². The van der Waals surface area contributed by atoms with Crippen LogP contribution in [0.15, 0.2) is 17.4 Å². The van der Waals surface area contributed by atoms with E-state index in [2.05, 4.69) is 64.6 Å². The van der Waals surface area contributed by atoms with Gasteiger partial charge in [-0.1, -0.05) is 6.92 Å². The number of aliphatic imine (C=N–C) groups is 1. The van der Waals surface area contributed by atoms with E-state index in [1.54, 1.807) is 0 Å². The van der Waals surface area contributed by atoms with E-state index in [1.807, 2.05) is 25.0 Å². The summed E-state index contributed by atoms with van der Waals surface area (Å²) in [5.41, 5.74) is 1.21. The quantitative estimate of drug-likeness (QED) is 0.357. The van der Waals surface area contributed by atoms with Crippen molar-refractivity contribution in [3.05, 3.63) is 18.0 Å². The van der Waals surface area contributed by atoms with Gasteiger partial charge in [0.25, 0.3) is 0 Å². The molecule has 0 saturated heterocycles. The van der Waals surface area contributed by atoms with Gasteiger partial charge in [-0.15, -0.1) is 24.0 Å². The summed E-state index contributed by atoms with van der Waals surface area (Å²) >= 11 is 2.08. The van der Waals surface area contributed by atoms with Crippen molar-refractivity contribution in [2.75, 3.05) is 33.4 Å². The van der Waals surface area contributed by atoms with Crippen molar-refractivity contribution in [1.82, 2.24) is 25.3 Å². The van der Waals surface area contributed by atoms with Crippen LogP contribution in [-0.4, -0.2) is 65.4 Å². The Morgan fingerprint density at radius 3 is 2.80 bits per heavy atom. The lowest BCUT2D eigenvalue weighted by atomic mass is 10.1. The number of thioether (sulfide) groups is 1. The van der Waals surface area contributed by atoms with E-state index in [1.165, 1.54) is 30.6 Å². The molecule has 6 nitrogen and oxygen atoms in total. The van der Waals surface area contributed by atoms with Gasteiger partial charge in [0.2, 0.25) is 0 Å². The molecule has 0 aliphatic heterocycles. The molecule has 0 bridgehead atoms. The van der Waals surface area contributed by atoms with Gasteiger partial charge in [0.15, 0.2) is 5.96 Å². The number of hydrogen-bond acceptors (Lipinski definition) is 4. The Balaban J connectivity index is 0.00000312. The Morgan fingerprint density at radius 1 is 1.48 bits per heavy atom. The Bertz CT molecular complexity index is 533. The van der Waals surface area contributed by atoms with E-state index in [9.17, 15) is 0 Å². The van der Waals surface area contributed by atoms with E-state index in [0.29, 0.717) is 6.04 Å². The van der Waals surface area contributed by atoms with Gasteiger partial charge in [0, 0.05) is 43.7 Å². The van der Waals surface area contributed by atoms with Gasteiger partial charge in [0.1, 0.15) is 0 Å². The standard InChI is InChI=1S/C17H32N6S.HI/c1-6-24-15-8-7-14(9-15)21-17(18-2)19-11-16(22(3)4)13-10-20-23(5)12-13;/h10,12,14-16H,6-9,11H2,1-5H3,(H2,18,19,21);1H. The fourth-order valence-corrected chi connectivity index (χ4v) is 4.39. The zero-order valence-corrected chi connectivity index (χ0v) is 19.2. The van der Waals surface area contributed by atoms with Gasteiger partial charge in [-0.2, -0.15) is 16.9 Å². The third-order valence-corrected chi connectivity index (χ3v) is 5.78. The second-order valence-corrected chi connectivity index (χ2v) is 8.19. The highest BCUT2D eigenvalue weighted by molar-refractivity contribution is 14.0. The highest BCUT2D eigenvalue weighted by atomic mass is 127. The first-order valence-corrected chi connectivity index (χ1v) is 9.82. The minimum Gasteiger partial charge on any atom is -0.354 e. The summed E-state index contributed by atoms with van der Waals surface area (Å²) in [6, 6.07) is 0.806. The van der Waals surface area contributed by atoms with Gasteiger partial charge in [-0.3, -0.25) is 9.67 Å². The van der Waals surface area contributed by atoms with Crippen molar-refractivity contribution in [2.24, 2.45) is 12.0 Å². The Morgan fingerprint density at radius 2 is 2.24 bits per heavy atom. The number of aromatic nitrogens is 2. The lowest BCUT2D eigenvalue weighted by Crippen LogP contribution is -2.45. The maximum absolute atomic E-state index is 4.40. The average molecular weight is 480 g/mol. The fourth-order valence-electron chi connectivity index (χ4n) is 3.25. The normalized spacial score (nSPS) is 21.9. The van der Waals surface area contributed by atoms with Crippen LogP contribution in [0.4, 0.5) is 0 Å². The molecule has 0 aromatic carbocycles. The number of hydrogen-bond donors (Lipinski definition) is 2. The van der Waals surface area contributed by atoms with Crippen LogP contribution in [-0.2, 0) is 7.05 Å². The summed E-state index contributed by atoms with van der Waals surface area (Å²) in [5, 5.41) is 12.2. The third kappa shape index (κ3) is 6.97. The van der Waals surface area contributed by atoms with Crippen LogP contribution < -0.4 is 10.6 Å². The molecule has 8 heteroatoms. The summed E-state index contributed by atoms with van der Waals surface area (Å²) in [6.45, 7) is 3.05. The number of likely N-dealkylation sites (N-methyl/N-ethyl adjacent to an activating group) is 1. The second-order valence-electron chi connectivity index (χ2n) is 6.61. The highest BCUT2D eigenvalue weighted by Crippen LogP contribution is 2.29. The molecule has 3 unspecified atom stereocenters. The molecule has 1 fully saturated rings. The van der Waals surface area contributed by atoms with E-state index in [4.69, 9.17) is 0 Å². The molecular formula is C17H33IN6S. The summed E-state index contributed by atoms with van der Waals surface area (Å²) in [6.07, 6.45) is 7.79. The summed E-state index contributed by atoms with van der Waals surface area (Å²) < 4.78 is 1.85. The molecule has 144 valence electrons. The van der Waals surface area contributed by atoms with E-state index in [-0.39, 0.29) is 30.0 Å². The van der Waals surface area contributed by atoms with Gasteiger partial charge in [-0.25, -0.2) is 0 Å². The molecule has 1 aromatic rings. The molecule has 1 aliphatic rings. The third-order valence-electron chi connectivity index (χ3n) is 4.55. The Kier molecular flexibility index (Phi) is 10.2. The number of nitrogens with one attached hydrogen (secondary N) is 2. The maximum atomic E-state index is 4.40. The zero-order valence-electron chi connectivity index (χ0n) is 16.0. The molecule has 0 amide bonds. The first kappa shape index (κ1) is 22.6. The molecule has 1 saturated carbocycles. The van der Waals surface area contributed by atoms with Crippen molar-refractivity contribution in [1.29, 1.82) is 0 Å². The predicted molar refractivity (Wildman–Crippen MR) is 119 cm³/mol. The van der Waals surface area contributed by atoms with Crippen LogP contribution in [0.25, 0.3) is 0 Å². The van der Waals surface area contributed by atoms with Crippen LogP contribution in [0, 0.1) is 0 Å². The highest BCUT2D eigenvalue weighted by Gasteiger charge is 2.25. The van der Waals surface area contributed by atoms with Crippen LogP contribution in [0.3, 0.4) is 0 Å². The number of rotatable bonds is 7. The largest absolute Gasteiger partial charge is 0.354 e. The van der Waals surface area contributed by atoms with Crippen molar-refractivity contribution < 1.29 is 0 Å². The Hall–Kier alpha value is -0.480. The first-order valence-electron chi connectivity index (χ1n) is 8.77. The molecule has 1 heterocycles. The topological polar surface area (TPSA) is 57.5 Å². The van der Waals surface area contributed by atoms with Crippen molar-refractivity contribution in [3.8, 4) is 0 Å². The predicted octanol–water partition coefficient (Wildman–Crippen LogP) is 2.48. The van der Waals surface area contributed by atoms with Gasteiger partial charge in [0.05, 0.1) is 12.2 Å². The van der Waals surface area contributed by atoms with Crippen LogP contribution in [0.2, 0.25) is 0 Å². The lowest BCUT2D eigenvalue weighted by Gasteiger charge is -2.25. The SMILES string of the molecule is CCSC1CCC(NC(=NC)NCC(c2cnn(C)c2)N(C)C)C1.I.